The van der Waals surface area contributed by atoms with Gasteiger partial charge in [-0.05, 0) is 89.2 Å². The molecule has 6 nitrogen and oxygen atoms in total. The summed E-state index contributed by atoms with van der Waals surface area (Å²) in [4.78, 5) is 0. The number of halogens is 3. The summed E-state index contributed by atoms with van der Waals surface area (Å²) in [6, 6.07) is 17.2. The molecule has 0 aromatic heterocycles. The highest BCUT2D eigenvalue weighted by molar-refractivity contribution is 5.74. The summed E-state index contributed by atoms with van der Waals surface area (Å²) in [6.45, 7) is 1.31. The lowest BCUT2D eigenvalue weighted by Gasteiger charge is -2.31. The summed E-state index contributed by atoms with van der Waals surface area (Å²) < 4.78 is 65.1. The molecule has 0 radical (unpaired) electrons. The SMILES string of the molecule is OCOC[C@H]1C[C@@H]1c1ccc(O[C@@H]2CCc3c2ccc(C(F)(F)F)c3-c2ccc(OCC3(O)CCOCC3)cc2)cc1. The van der Waals surface area contributed by atoms with Gasteiger partial charge in [0.05, 0.1) is 12.2 Å². The van der Waals surface area contributed by atoms with Crippen LogP contribution in [0.5, 0.6) is 11.5 Å². The van der Waals surface area contributed by atoms with E-state index in [4.69, 9.17) is 24.1 Å². The van der Waals surface area contributed by atoms with Crippen LogP contribution in [0.2, 0.25) is 0 Å². The Bertz CT molecular complexity index is 1370. The topological polar surface area (TPSA) is 77.4 Å². The summed E-state index contributed by atoms with van der Waals surface area (Å²) in [7, 11) is 0. The molecule has 1 saturated carbocycles. The second-order valence-electron chi connectivity index (χ2n) is 11.5. The van der Waals surface area contributed by atoms with E-state index in [2.05, 4.69) is 0 Å². The van der Waals surface area contributed by atoms with Crippen LogP contribution in [0.3, 0.4) is 0 Å². The monoisotopic (exact) mass is 584 g/mol. The highest BCUT2D eigenvalue weighted by atomic mass is 19.4. The lowest BCUT2D eigenvalue weighted by Crippen LogP contribution is -2.41. The minimum atomic E-state index is -4.51. The summed E-state index contributed by atoms with van der Waals surface area (Å²) in [6.07, 6.45) is -1.83. The lowest BCUT2D eigenvalue weighted by atomic mass is 9.91. The van der Waals surface area contributed by atoms with Crippen molar-refractivity contribution < 1.29 is 42.3 Å². The Kier molecular flexibility index (Phi) is 8.20. The predicted octanol–water partition coefficient (Wildman–Crippen LogP) is 6.43. The molecule has 42 heavy (non-hydrogen) atoms. The van der Waals surface area contributed by atoms with Crippen LogP contribution in [0.15, 0.2) is 60.7 Å². The Balaban J connectivity index is 1.19. The maximum absolute atomic E-state index is 14.2. The Labute approximate surface area is 243 Å². The second kappa shape index (κ2) is 11.9. The number of alkyl halides is 3. The largest absolute Gasteiger partial charge is 0.491 e. The first-order chi connectivity index (χ1) is 20.2. The molecule has 0 spiro atoms. The molecule has 2 fully saturated rings. The standard InChI is InChI=1S/C33H35F3O6/c34-33(35,36)29-11-9-26-27(31(29)22-3-5-24(6-4-22)41-19-32(38)13-15-39-16-14-32)10-12-30(26)42-25-7-1-21(2-8-25)28-17-23(28)18-40-20-37/h1-9,11,23,28,30,37-38H,10,12-20H2/t23-,28-,30-/m1/s1. The van der Waals surface area contributed by atoms with E-state index in [1.807, 2.05) is 24.3 Å². The summed E-state index contributed by atoms with van der Waals surface area (Å²) in [5, 5.41) is 19.5. The fourth-order valence-electron chi connectivity index (χ4n) is 6.19. The van der Waals surface area contributed by atoms with Crippen molar-refractivity contribution in [3.05, 3.63) is 82.9 Å². The molecule has 3 aliphatic rings. The van der Waals surface area contributed by atoms with E-state index in [9.17, 15) is 18.3 Å². The number of benzene rings is 3. The Morgan fingerprint density at radius 3 is 2.33 bits per heavy atom. The van der Waals surface area contributed by atoms with Gasteiger partial charge < -0.3 is 29.2 Å². The van der Waals surface area contributed by atoms with Gasteiger partial charge in [-0.1, -0.05) is 30.3 Å². The van der Waals surface area contributed by atoms with Gasteiger partial charge in [-0.3, -0.25) is 0 Å². The molecule has 2 N–H and O–H groups in total. The maximum atomic E-state index is 14.2. The van der Waals surface area contributed by atoms with E-state index in [1.54, 1.807) is 30.3 Å². The van der Waals surface area contributed by atoms with E-state index in [-0.39, 0.29) is 25.1 Å². The number of rotatable bonds is 10. The molecule has 6 rings (SSSR count). The second-order valence-corrected chi connectivity index (χ2v) is 11.5. The van der Waals surface area contributed by atoms with Crippen LogP contribution in [0, 0.1) is 5.92 Å². The molecule has 0 bridgehead atoms. The Morgan fingerprint density at radius 2 is 1.64 bits per heavy atom. The Hall–Kier alpha value is -3.11. The van der Waals surface area contributed by atoms with E-state index < -0.39 is 17.3 Å². The van der Waals surface area contributed by atoms with Crippen molar-refractivity contribution in [1.82, 2.24) is 0 Å². The maximum Gasteiger partial charge on any atom is 0.417 e. The molecule has 3 aromatic carbocycles. The van der Waals surface area contributed by atoms with Crippen LogP contribution in [-0.2, 0) is 22.1 Å². The van der Waals surface area contributed by atoms with Crippen molar-refractivity contribution in [3.8, 4) is 22.6 Å². The summed E-state index contributed by atoms with van der Waals surface area (Å²) in [5.74, 6) is 1.98. The van der Waals surface area contributed by atoms with Crippen LogP contribution in [0.1, 0.15) is 60.0 Å². The van der Waals surface area contributed by atoms with Gasteiger partial charge >= 0.3 is 6.18 Å². The zero-order valence-corrected chi connectivity index (χ0v) is 23.2. The van der Waals surface area contributed by atoms with Crippen LogP contribution < -0.4 is 9.47 Å². The van der Waals surface area contributed by atoms with Gasteiger partial charge in [0.1, 0.15) is 36.6 Å². The van der Waals surface area contributed by atoms with Crippen molar-refractivity contribution in [2.45, 2.75) is 55.9 Å². The summed E-state index contributed by atoms with van der Waals surface area (Å²) in [5.41, 5.74) is 1.62. The molecule has 0 amide bonds. The first-order valence-electron chi connectivity index (χ1n) is 14.5. The fraction of sp³-hybridized carbons (Fsp3) is 0.455. The Morgan fingerprint density at radius 1 is 0.929 bits per heavy atom. The molecule has 3 aromatic rings. The smallest absolute Gasteiger partial charge is 0.417 e. The van der Waals surface area contributed by atoms with Gasteiger partial charge in [0.25, 0.3) is 0 Å². The summed E-state index contributed by atoms with van der Waals surface area (Å²) >= 11 is 0. The van der Waals surface area contributed by atoms with Gasteiger partial charge in [-0.2, -0.15) is 13.2 Å². The zero-order valence-electron chi connectivity index (χ0n) is 23.2. The number of fused-ring (bicyclic) bond motifs is 1. The van der Waals surface area contributed by atoms with E-state index in [0.717, 1.165) is 18.1 Å². The average molecular weight is 585 g/mol. The number of aliphatic hydroxyl groups excluding tert-OH is 1. The molecule has 1 heterocycles. The molecular weight excluding hydrogens is 549 g/mol. The van der Waals surface area contributed by atoms with Gasteiger partial charge in [0.15, 0.2) is 0 Å². The normalized spacial score (nSPS) is 22.9. The van der Waals surface area contributed by atoms with Crippen LogP contribution >= 0.6 is 0 Å². The van der Waals surface area contributed by atoms with E-state index in [1.165, 1.54) is 5.56 Å². The quantitative estimate of drug-likeness (QED) is 0.268. The minimum Gasteiger partial charge on any atom is -0.491 e. The van der Waals surface area contributed by atoms with Gasteiger partial charge in [0.2, 0.25) is 0 Å². The minimum absolute atomic E-state index is 0.101. The zero-order chi connectivity index (χ0) is 29.3. The van der Waals surface area contributed by atoms with Crippen molar-refractivity contribution >= 4 is 0 Å². The first kappa shape index (κ1) is 29.0. The average Bonchev–Trinajstić information content (AvgIpc) is 3.66. The first-order valence-corrected chi connectivity index (χ1v) is 14.5. The van der Waals surface area contributed by atoms with Crippen LogP contribution in [0.4, 0.5) is 13.2 Å². The molecule has 224 valence electrons. The molecule has 9 heteroatoms. The van der Waals surface area contributed by atoms with E-state index in [0.29, 0.717) is 80.0 Å². The van der Waals surface area contributed by atoms with Crippen molar-refractivity contribution in [2.24, 2.45) is 5.92 Å². The third-order valence-corrected chi connectivity index (χ3v) is 8.66. The van der Waals surface area contributed by atoms with Crippen LogP contribution in [0.25, 0.3) is 11.1 Å². The van der Waals surface area contributed by atoms with Crippen LogP contribution in [-0.4, -0.2) is 49.0 Å². The third-order valence-electron chi connectivity index (χ3n) is 8.66. The van der Waals surface area contributed by atoms with Crippen molar-refractivity contribution in [2.75, 3.05) is 33.2 Å². The molecule has 0 unspecified atom stereocenters. The number of hydrogen-bond donors (Lipinski definition) is 2. The van der Waals surface area contributed by atoms with Gasteiger partial charge in [-0.15, -0.1) is 0 Å². The highest BCUT2D eigenvalue weighted by Gasteiger charge is 2.39. The number of aliphatic hydroxyl groups is 2. The third kappa shape index (κ3) is 6.29. The molecular formula is C33H35F3O6. The molecule has 2 aliphatic carbocycles. The van der Waals surface area contributed by atoms with Gasteiger partial charge in [0, 0.05) is 26.1 Å². The van der Waals surface area contributed by atoms with E-state index >= 15 is 0 Å². The van der Waals surface area contributed by atoms with Crippen molar-refractivity contribution in [1.29, 1.82) is 0 Å². The number of hydrogen-bond acceptors (Lipinski definition) is 6. The highest BCUT2D eigenvalue weighted by Crippen LogP contribution is 2.49. The predicted molar refractivity (Wildman–Crippen MR) is 149 cm³/mol. The van der Waals surface area contributed by atoms with Crippen molar-refractivity contribution in [3.63, 3.8) is 0 Å². The van der Waals surface area contributed by atoms with Gasteiger partial charge in [-0.25, -0.2) is 0 Å². The molecule has 1 aliphatic heterocycles. The fourth-order valence-corrected chi connectivity index (χ4v) is 6.19. The lowest BCUT2D eigenvalue weighted by molar-refractivity contribution is -0.137. The number of ether oxygens (including phenoxy) is 4. The molecule has 1 saturated heterocycles. The molecule has 3 atom stereocenters.